The molecule has 1 amide bonds. The smallest absolute Gasteiger partial charge is 0.296 e. The highest BCUT2D eigenvalue weighted by Gasteiger charge is 2.46. The molecule has 10 heteroatoms. The van der Waals surface area contributed by atoms with Crippen molar-refractivity contribution >= 4 is 49.7 Å². The van der Waals surface area contributed by atoms with Crippen molar-refractivity contribution in [2.75, 3.05) is 26.2 Å². The molecule has 5 rings (SSSR count). The van der Waals surface area contributed by atoms with Crippen LogP contribution in [0.3, 0.4) is 0 Å². The Morgan fingerprint density at radius 3 is 2.41 bits per heavy atom. The fourth-order valence-electron chi connectivity index (χ4n) is 4.43. The number of Topliss-reactive ketones (excluding diaryl/α,β-unsaturated/α-hetero) is 1. The van der Waals surface area contributed by atoms with Crippen LogP contribution in [0.1, 0.15) is 33.8 Å². The van der Waals surface area contributed by atoms with Gasteiger partial charge in [0.15, 0.2) is 22.4 Å². The van der Waals surface area contributed by atoms with Gasteiger partial charge in [0.1, 0.15) is 0 Å². The Hall–Kier alpha value is -3.89. The lowest BCUT2D eigenvalue weighted by molar-refractivity contribution is -0.117. The minimum atomic E-state index is -0.970. The molecule has 0 saturated heterocycles. The predicted molar refractivity (Wildman–Crippen MR) is 144 cm³/mol. The van der Waals surface area contributed by atoms with Crippen molar-refractivity contribution in [3.63, 3.8) is 0 Å². The van der Waals surface area contributed by atoms with Crippen LogP contribution in [0.2, 0.25) is 0 Å². The number of benzene rings is 2. The van der Waals surface area contributed by atoms with Gasteiger partial charge in [-0.05, 0) is 53.3 Å². The zero-order chi connectivity index (χ0) is 26.3. The standard InChI is InChI=1S/C27H24N2O6S2/c1-5-14-8-9-16-20(11-14)37-27(28-16)29-22(15-12-17(33-2)25(35-4)18(13-15)34-3)21(24(31)26(29)32)23(30)19-7-6-10-36-19/h6-13,22,31H,5H2,1-4H3/t22-/m1/s1. The number of aromatic nitrogens is 1. The topological polar surface area (TPSA) is 98.2 Å². The molecule has 1 aliphatic heterocycles. The minimum absolute atomic E-state index is 0.0322. The molecule has 0 spiro atoms. The van der Waals surface area contributed by atoms with Crippen LogP contribution in [-0.4, -0.2) is 43.1 Å². The number of hydrogen-bond acceptors (Lipinski definition) is 9. The molecule has 3 heterocycles. The average Bonchev–Trinajstić information content (AvgIpc) is 3.65. The third-order valence-corrected chi connectivity index (χ3v) is 8.14. The van der Waals surface area contributed by atoms with Gasteiger partial charge >= 0.3 is 0 Å². The Labute approximate surface area is 221 Å². The number of aryl methyl sites for hydroxylation is 1. The van der Waals surface area contributed by atoms with Crippen LogP contribution in [0.25, 0.3) is 10.2 Å². The molecule has 0 saturated carbocycles. The molecule has 2 aromatic heterocycles. The number of thiazole rings is 1. The van der Waals surface area contributed by atoms with Crippen LogP contribution in [0.5, 0.6) is 17.2 Å². The number of fused-ring (bicyclic) bond motifs is 1. The molecule has 0 bridgehead atoms. The number of ether oxygens (including phenoxy) is 3. The molecule has 37 heavy (non-hydrogen) atoms. The summed E-state index contributed by atoms with van der Waals surface area (Å²) >= 11 is 2.57. The number of methoxy groups -OCH3 is 3. The van der Waals surface area contributed by atoms with E-state index >= 15 is 0 Å². The molecule has 0 fully saturated rings. The van der Waals surface area contributed by atoms with E-state index < -0.39 is 23.5 Å². The van der Waals surface area contributed by atoms with Crippen molar-refractivity contribution in [3.8, 4) is 17.2 Å². The van der Waals surface area contributed by atoms with Crippen LogP contribution in [0, 0.1) is 0 Å². The lowest BCUT2D eigenvalue weighted by atomic mass is 9.95. The van der Waals surface area contributed by atoms with Gasteiger partial charge in [0.2, 0.25) is 11.5 Å². The van der Waals surface area contributed by atoms with E-state index in [9.17, 15) is 14.7 Å². The summed E-state index contributed by atoms with van der Waals surface area (Å²) in [5.41, 5.74) is 2.34. The van der Waals surface area contributed by atoms with Crippen molar-refractivity contribution in [2.45, 2.75) is 19.4 Å². The molecule has 0 radical (unpaired) electrons. The van der Waals surface area contributed by atoms with Crippen molar-refractivity contribution in [2.24, 2.45) is 0 Å². The number of ketones is 1. The van der Waals surface area contributed by atoms with Gasteiger partial charge in [0.25, 0.3) is 5.91 Å². The zero-order valence-corrected chi connectivity index (χ0v) is 22.2. The second-order valence-corrected chi connectivity index (χ2v) is 10.2. The molecule has 8 nitrogen and oxygen atoms in total. The Morgan fingerprint density at radius 1 is 1.08 bits per heavy atom. The van der Waals surface area contributed by atoms with E-state index in [1.54, 1.807) is 29.6 Å². The van der Waals surface area contributed by atoms with Gasteiger partial charge in [-0.15, -0.1) is 11.3 Å². The number of hydrogen-bond donors (Lipinski definition) is 1. The molecular formula is C27H24N2O6S2. The lowest BCUT2D eigenvalue weighted by Crippen LogP contribution is -2.31. The van der Waals surface area contributed by atoms with Gasteiger partial charge < -0.3 is 19.3 Å². The third-order valence-electron chi connectivity index (χ3n) is 6.26. The number of aliphatic hydroxyl groups excluding tert-OH is 1. The Bertz CT molecular complexity index is 1510. The van der Waals surface area contributed by atoms with Gasteiger partial charge in [-0.25, -0.2) is 4.98 Å². The van der Waals surface area contributed by atoms with Gasteiger partial charge in [0, 0.05) is 0 Å². The highest BCUT2D eigenvalue weighted by atomic mass is 32.1. The maximum Gasteiger partial charge on any atom is 0.296 e. The van der Waals surface area contributed by atoms with Crippen LogP contribution in [0.4, 0.5) is 5.13 Å². The largest absolute Gasteiger partial charge is 0.503 e. The summed E-state index contributed by atoms with van der Waals surface area (Å²) in [4.78, 5) is 33.6. The first-order valence-electron chi connectivity index (χ1n) is 11.5. The van der Waals surface area contributed by atoms with E-state index in [1.165, 1.54) is 48.9 Å². The Balaban J connectivity index is 1.73. The molecule has 190 valence electrons. The molecule has 0 unspecified atom stereocenters. The maximum absolute atomic E-state index is 13.6. The molecule has 1 atom stereocenters. The molecule has 4 aromatic rings. The van der Waals surface area contributed by atoms with E-state index in [2.05, 4.69) is 6.92 Å². The fourth-order valence-corrected chi connectivity index (χ4v) is 6.16. The Morgan fingerprint density at radius 2 is 1.81 bits per heavy atom. The van der Waals surface area contributed by atoms with Gasteiger partial charge in [-0.3, -0.25) is 14.5 Å². The van der Waals surface area contributed by atoms with Crippen molar-refractivity contribution in [1.29, 1.82) is 0 Å². The van der Waals surface area contributed by atoms with E-state index in [1.807, 2.05) is 18.2 Å². The summed E-state index contributed by atoms with van der Waals surface area (Å²) in [5, 5.41) is 13.2. The molecule has 2 aromatic carbocycles. The maximum atomic E-state index is 13.6. The van der Waals surface area contributed by atoms with E-state index in [-0.39, 0.29) is 5.57 Å². The number of nitrogens with zero attached hydrogens (tertiary/aromatic N) is 2. The van der Waals surface area contributed by atoms with E-state index in [0.717, 1.165) is 22.2 Å². The highest BCUT2D eigenvalue weighted by Crippen LogP contribution is 2.48. The summed E-state index contributed by atoms with van der Waals surface area (Å²) in [7, 11) is 4.47. The number of aliphatic hydroxyl groups is 1. The lowest BCUT2D eigenvalue weighted by Gasteiger charge is -2.25. The third kappa shape index (κ3) is 4.11. The highest BCUT2D eigenvalue weighted by molar-refractivity contribution is 7.22. The van der Waals surface area contributed by atoms with Gasteiger partial charge in [-0.2, -0.15) is 0 Å². The quantitative estimate of drug-likeness (QED) is 0.287. The van der Waals surface area contributed by atoms with Crippen molar-refractivity contribution in [3.05, 3.63) is 75.2 Å². The molecule has 1 N–H and O–H groups in total. The first kappa shape index (κ1) is 24.8. The van der Waals surface area contributed by atoms with Crippen molar-refractivity contribution < 1.29 is 28.9 Å². The summed E-state index contributed by atoms with van der Waals surface area (Å²) < 4.78 is 17.4. The SMILES string of the molecule is CCc1ccc2nc(N3C(=O)C(O)=C(C(=O)c4cccs4)[C@H]3c3cc(OC)c(OC)c(OC)c3)sc2c1. The summed E-state index contributed by atoms with van der Waals surface area (Å²) in [5.74, 6) is -0.655. The monoisotopic (exact) mass is 536 g/mol. The molecular weight excluding hydrogens is 512 g/mol. The van der Waals surface area contributed by atoms with E-state index in [0.29, 0.717) is 32.8 Å². The zero-order valence-electron chi connectivity index (χ0n) is 20.6. The summed E-state index contributed by atoms with van der Waals surface area (Å²) in [6.07, 6.45) is 0.863. The predicted octanol–water partition coefficient (Wildman–Crippen LogP) is 5.73. The average molecular weight is 537 g/mol. The van der Waals surface area contributed by atoms with Crippen LogP contribution < -0.4 is 19.1 Å². The number of carbonyl (C=O) groups is 2. The fraction of sp³-hybridized carbons (Fsp3) is 0.222. The normalized spacial score (nSPS) is 15.5. The number of thiophene rings is 1. The molecule has 0 aliphatic carbocycles. The summed E-state index contributed by atoms with van der Waals surface area (Å²) in [6.45, 7) is 2.07. The second-order valence-electron chi connectivity index (χ2n) is 8.26. The van der Waals surface area contributed by atoms with Crippen LogP contribution >= 0.6 is 22.7 Å². The number of anilines is 1. The van der Waals surface area contributed by atoms with Gasteiger partial charge in [-0.1, -0.05) is 30.4 Å². The van der Waals surface area contributed by atoms with Gasteiger partial charge in [0.05, 0.1) is 48.0 Å². The molecule has 1 aliphatic rings. The first-order valence-corrected chi connectivity index (χ1v) is 13.2. The number of amides is 1. The van der Waals surface area contributed by atoms with E-state index in [4.69, 9.17) is 19.2 Å². The van der Waals surface area contributed by atoms with Crippen molar-refractivity contribution in [1.82, 2.24) is 4.98 Å². The minimum Gasteiger partial charge on any atom is -0.503 e. The second kappa shape index (κ2) is 9.87. The number of rotatable bonds is 8. The Kier molecular flexibility index (Phi) is 6.61. The first-order chi connectivity index (χ1) is 17.9. The van der Waals surface area contributed by atoms with Crippen LogP contribution in [-0.2, 0) is 11.2 Å². The number of carbonyl (C=O) groups excluding carboxylic acids is 2. The summed E-state index contributed by atoms with van der Waals surface area (Å²) in [6, 6.07) is 11.7. The van der Waals surface area contributed by atoms with Crippen LogP contribution in [0.15, 0.2) is 59.2 Å².